The van der Waals surface area contributed by atoms with Crippen LogP contribution in [0.25, 0.3) is 0 Å². The van der Waals surface area contributed by atoms with Gasteiger partial charge in [-0.05, 0) is 11.6 Å². The molecule has 2 nitrogen and oxygen atoms in total. The van der Waals surface area contributed by atoms with Crippen molar-refractivity contribution in [3.63, 3.8) is 0 Å². The van der Waals surface area contributed by atoms with E-state index in [2.05, 4.69) is 9.97 Å². The standard InChI is InChI=1S/C13H10ClFN2S/c14-13-9-6-18-7-11(9)16-12(17-13)5-8-3-1-2-4-10(8)15/h1-4H,5-7H2. The third-order valence-electron chi connectivity index (χ3n) is 2.88. The van der Waals surface area contributed by atoms with Gasteiger partial charge in [0.15, 0.2) is 0 Å². The summed E-state index contributed by atoms with van der Waals surface area (Å²) in [6.07, 6.45) is 0.379. The minimum Gasteiger partial charge on any atom is -0.236 e. The van der Waals surface area contributed by atoms with Crippen LogP contribution in [0.4, 0.5) is 4.39 Å². The van der Waals surface area contributed by atoms with Crippen LogP contribution in [-0.4, -0.2) is 9.97 Å². The van der Waals surface area contributed by atoms with Crippen LogP contribution in [0.1, 0.15) is 22.6 Å². The lowest BCUT2D eigenvalue weighted by molar-refractivity contribution is 0.612. The summed E-state index contributed by atoms with van der Waals surface area (Å²) in [7, 11) is 0. The van der Waals surface area contributed by atoms with Gasteiger partial charge in [0.2, 0.25) is 0 Å². The van der Waals surface area contributed by atoms with Crippen molar-refractivity contribution in [1.29, 1.82) is 0 Å². The monoisotopic (exact) mass is 280 g/mol. The fourth-order valence-electron chi connectivity index (χ4n) is 1.95. The highest BCUT2D eigenvalue weighted by Crippen LogP contribution is 2.32. The molecule has 5 heteroatoms. The van der Waals surface area contributed by atoms with Gasteiger partial charge < -0.3 is 0 Å². The predicted octanol–water partition coefficient (Wildman–Crippen LogP) is 3.61. The van der Waals surface area contributed by atoms with Gasteiger partial charge in [-0.25, -0.2) is 14.4 Å². The molecule has 0 radical (unpaired) electrons. The molecule has 0 saturated carbocycles. The van der Waals surface area contributed by atoms with Crippen molar-refractivity contribution in [2.45, 2.75) is 17.9 Å². The largest absolute Gasteiger partial charge is 0.236 e. The normalized spacial score (nSPS) is 13.7. The Kier molecular flexibility index (Phi) is 3.22. The third kappa shape index (κ3) is 2.22. The van der Waals surface area contributed by atoms with Gasteiger partial charge >= 0.3 is 0 Å². The van der Waals surface area contributed by atoms with Crippen LogP contribution in [0.15, 0.2) is 24.3 Å². The van der Waals surface area contributed by atoms with Gasteiger partial charge in [-0.15, -0.1) is 0 Å². The molecular weight excluding hydrogens is 271 g/mol. The Labute approximate surface area is 114 Å². The van der Waals surface area contributed by atoms with Gasteiger partial charge in [-0.3, -0.25) is 0 Å². The number of hydrogen-bond donors (Lipinski definition) is 0. The lowest BCUT2D eigenvalue weighted by Gasteiger charge is -2.06. The maximum atomic E-state index is 13.6. The molecule has 0 saturated heterocycles. The molecular formula is C13H10ClFN2S. The Bertz CT molecular complexity index is 604. The molecule has 0 unspecified atom stereocenters. The molecule has 2 aromatic rings. The van der Waals surface area contributed by atoms with E-state index in [9.17, 15) is 4.39 Å². The highest BCUT2D eigenvalue weighted by atomic mass is 35.5. The second-order valence-corrected chi connectivity index (χ2v) is 5.46. The van der Waals surface area contributed by atoms with Crippen molar-refractivity contribution in [2.24, 2.45) is 0 Å². The van der Waals surface area contributed by atoms with Crippen LogP contribution in [-0.2, 0) is 17.9 Å². The molecule has 1 aromatic carbocycles. The Balaban J connectivity index is 1.95. The number of halogens is 2. The lowest BCUT2D eigenvalue weighted by Crippen LogP contribution is -2.03. The molecule has 1 aliphatic heterocycles. The van der Waals surface area contributed by atoms with Crippen LogP contribution >= 0.6 is 23.4 Å². The predicted molar refractivity (Wildman–Crippen MR) is 71.2 cm³/mol. The van der Waals surface area contributed by atoms with E-state index in [0.717, 1.165) is 22.8 Å². The Morgan fingerprint density at radius 3 is 2.89 bits per heavy atom. The van der Waals surface area contributed by atoms with E-state index in [1.54, 1.807) is 23.9 Å². The van der Waals surface area contributed by atoms with E-state index in [1.165, 1.54) is 6.07 Å². The second kappa shape index (κ2) is 4.86. The van der Waals surface area contributed by atoms with E-state index in [0.29, 0.717) is 23.0 Å². The van der Waals surface area contributed by atoms with Crippen molar-refractivity contribution >= 4 is 23.4 Å². The minimum atomic E-state index is -0.230. The molecule has 3 rings (SSSR count). The van der Waals surface area contributed by atoms with Crippen LogP contribution < -0.4 is 0 Å². The number of aromatic nitrogens is 2. The number of thioether (sulfide) groups is 1. The average molecular weight is 281 g/mol. The van der Waals surface area contributed by atoms with Crippen LogP contribution in [0, 0.1) is 5.82 Å². The molecule has 92 valence electrons. The Morgan fingerprint density at radius 2 is 2.06 bits per heavy atom. The first-order chi connectivity index (χ1) is 8.74. The maximum Gasteiger partial charge on any atom is 0.137 e. The van der Waals surface area contributed by atoms with Crippen molar-refractivity contribution in [3.05, 3.63) is 57.9 Å². The van der Waals surface area contributed by atoms with Gasteiger partial charge in [0.1, 0.15) is 16.8 Å². The van der Waals surface area contributed by atoms with Crippen molar-refractivity contribution in [1.82, 2.24) is 9.97 Å². The topological polar surface area (TPSA) is 25.8 Å². The van der Waals surface area contributed by atoms with E-state index in [-0.39, 0.29) is 5.82 Å². The summed E-state index contributed by atoms with van der Waals surface area (Å²) in [6.45, 7) is 0. The van der Waals surface area contributed by atoms with E-state index < -0.39 is 0 Å². The van der Waals surface area contributed by atoms with E-state index in [4.69, 9.17) is 11.6 Å². The van der Waals surface area contributed by atoms with Gasteiger partial charge in [-0.1, -0.05) is 29.8 Å². The SMILES string of the molecule is Fc1ccccc1Cc1nc(Cl)c2c(n1)CSC2. The van der Waals surface area contributed by atoms with Gasteiger partial charge in [0, 0.05) is 23.5 Å². The maximum absolute atomic E-state index is 13.6. The summed E-state index contributed by atoms with van der Waals surface area (Å²) in [5.74, 6) is 2.09. The lowest BCUT2D eigenvalue weighted by atomic mass is 10.1. The molecule has 1 aliphatic rings. The number of hydrogen-bond acceptors (Lipinski definition) is 3. The van der Waals surface area contributed by atoms with E-state index in [1.807, 2.05) is 6.07 Å². The van der Waals surface area contributed by atoms with Gasteiger partial charge in [0.25, 0.3) is 0 Å². The second-order valence-electron chi connectivity index (χ2n) is 4.12. The number of nitrogens with zero attached hydrogens (tertiary/aromatic N) is 2. The smallest absolute Gasteiger partial charge is 0.137 e. The zero-order chi connectivity index (χ0) is 12.5. The summed E-state index contributed by atoms with van der Waals surface area (Å²) in [4.78, 5) is 8.72. The number of fused-ring (bicyclic) bond motifs is 1. The first-order valence-corrected chi connectivity index (χ1v) is 7.12. The summed E-state index contributed by atoms with van der Waals surface area (Å²) in [5.41, 5.74) is 2.62. The summed E-state index contributed by atoms with van der Waals surface area (Å²) < 4.78 is 13.6. The quantitative estimate of drug-likeness (QED) is 0.786. The third-order valence-corrected chi connectivity index (χ3v) is 4.16. The summed E-state index contributed by atoms with van der Waals surface area (Å²) >= 11 is 7.90. The summed E-state index contributed by atoms with van der Waals surface area (Å²) in [5, 5.41) is 0.510. The van der Waals surface area contributed by atoms with Gasteiger partial charge in [-0.2, -0.15) is 11.8 Å². The van der Waals surface area contributed by atoms with Crippen LogP contribution in [0.5, 0.6) is 0 Å². The fraction of sp³-hybridized carbons (Fsp3) is 0.231. The Hall–Kier alpha value is -1.13. The molecule has 0 atom stereocenters. The van der Waals surface area contributed by atoms with Crippen molar-refractivity contribution in [2.75, 3.05) is 0 Å². The van der Waals surface area contributed by atoms with Crippen LogP contribution in [0.3, 0.4) is 0 Å². The molecule has 1 aromatic heterocycles. The first-order valence-electron chi connectivity index (χ1n) is 5.59. The molecule has 18 heavy (non-hydrogen) atoms. The molecule has 0 spiro atoms. The van der Waals surface area contributed by atoms with E-state index >= 15 is 0 Å². The first kappa shape index (κ1) is 11.9. The zero-order valence-corrected chi connectivity index (χ0v) is 11.1. The number of benzene rings is 1. The van der Waals surface area contributed by atoms with Crippen LogP contribution in [0.2, 0.25) is 5.15 Å². The molecule has 0 N–H and O–H groups in total. The van der Waals surface area contributed by atoms with Gasteiger partial charge in [0.05, 0.1) is 5.69 Å². The molecule has 0 amide bonds. The fourth-order valence-corrected chi connectivity index (χ4v) is 3.35. The highest BCUT2D eigenvalue weighted by molar-refractivity contribution is 7.98. The summed E-state index contributed by atoms with van der Waals surface area (Å²) in [6, 6.07) is 6.67. The molecule has 0 fully saturated rings. The van der Waals surface area contributed by atoms with Crippen molar-refractivity contribution < 1.29 is 4.39 Å². The highest BCUT2D eigenvalue weighted by Gasteiger charge is 2.19. The molecule has 0 bridgehead atoms. The minimum absolute atomic E-state index is 0.230. The molecule has 2 heterocycles. The molecule has 0 aliphatic carbocycles. The average Bonchev–Trinajstić information content (AvgIpc) is 2.81. The Morgan fingerprint density at radius 1 is 1.22 bits per heavy atom. The number of rotatable bonds is 2. The zero-order valence-electron chi connectivity index (χ0n) is 9.49. The van der Waals surface area contributed by atoms with Crippen molar-refractivity contribution in [3.8, 4) is 0 Å².